The highest BCUT2D eigenvalue weighted by Crippen LogP contribution is 2.24. The maximum absolute atomic E-state index is 12.5. The molecule has 0 aliphatic heterocycles. The molecule has 0 spiro atoms. The number of hydrogen-bond acceptors (Lipinski definition) is 8. The van der Waals surface area contributed by atoms with Crippen molar-refractivity contribution in [3.05, 3.63) is 35.9 Å². The number of esters is 2. The lowest BCUT2D eigenvalue weighted by Crippen LogP contribution is -2.45. The van der Waals surface area contributed by atoms with E-state index in [0.29, 0.717) is 11.8 Å². The number of thioether (sulfide) groups is 1. The van der Waals surface area contributed by atoms with Crippen molar-refractivity contribution in [1.82, 2.24) is 5.32 Å². The summed E-state index contributed by atoms with van der Waals surface area (Å²) >= 11 is 0.707. The number of benzene rings is 1. The summed E-state index contributed by atoms with van der Waals surface area (Å²) in [6, 6.07) is 8.12. The number of hydrogen-bond donors (Lipinski definition) is 1. The van der Waals surface area contributed by atoms with Crippen molar-refractivity contribution in [2.24, 2.45) is 11.8 Å². The summed E-state index contributed by atoms with van der Waals surface area (Å²) < 4.78 is 15.3. The second kappa shape index (κ2) is 13.8. The number of ether oxygens (including phenoxy) is 3. The average molecular weight is 466 g/mol. The molecule has 1 aliphatic rings. The van der Waals surface area contributed by atoms with Gasteiger partial charge in [-0.1, -0.05) is 63.4 Å². The van der Waals surface area contributed by atoms with Crippen LogP contribution in [-0.4, -0.2) is 41.7 Å². The zero-order valence-electron chi connectivity index (χ0n) is 18.5. The minimum atomic E-state index is -1.02. The van der Waals surface area contributed by atoms with Crippen LogP contribution in [0.15, 0.2) is 30.3 Å². The van der Waals surface area contributed by atoms with Crippen LogP contribution in [0.2, 0.25) is 0 Å². The Morgan fingerprint density at radius 2 is 1.69 bits per heavy atom. The van der Waals surface area contributed by atoms with Crippen molar-refractivity contribution in [2.75, 3.05) is 12.5 Å². The zero-order chi connectivity index (χ0) is 23.3. The van der Waals surface area contributed by atoms with Crippen molar-refractivity contribution in [3.8, 4) is 0 Å². The summed E-state index contributed by atoms with van der Waals surface area (Å²) in [6.07, 6.45) is 4.71. The monoisotopic (exact) mass is 465 g/mol. The molecule has 2 rings (SSSR count). The highest BCUT2D eigenvalue weighted by atomic mass is 32.2. The zero-order valence-corrected chi connectivity index (χ0v) is 19.4. The van der Waals surface area contributed by atoms with Crippen LogP contribution in [0.3, 0.4) is 0 Å². The molecule has 0 unspecified atom stereocenters. The molecule has 0 saturated heterocycles. The van der Waals surface area contributed by atoms with Crippen LogP contribution in [0.4, 0.5) is 4.79 Å². The Morgan fingerprint density at radius 1 is 1.00 bits per heavy atom. The van der Waals surface area contributed by atoms with Crippen LogP contribution in [0.25, 0.3) is 0 Å². The van der Waals surface area contributed by atoms with Gasteiger partial charge >= 0.3 is 17.2 Å². The van der Waals surface area contributed by atoms with Crippen LogP contribution < -0.4 is 5.32 Å². The molecule has 0 aromatic heterocycles. The summed E-state index contributed by atoms with van der Waals surface area (Å²) in [5.41, 5.74) is 0.807. The van der Waals surface area contributed by atoms with Gasteiger partial charge in [-0.3, -0.25) is 9.59 Å². The van der Waals surface area contributed by atoms with E-state index in [1.807, 2.05) is 30.3 Å². The second-order valence-electron chi connectivity index (χ2n) is 7.93. The van der Waals surface area contributed by atoms with Crippen LogP contribution in [0, 0.1) is 11.8 Å². The van der Waals surface area contributed by atoms with Crippen molar-refractivity contribution in [3.63, 3.8) is 0 Å². The number of carbonyl (C=O) groups excluding carboxylic acids is 4. The van der Waals surface area contributed by atoms with Gasteiger partial charge in [-0.25, -0.2) is 9.59 Å². The Bertz CT molecular complexity index is 763. The van der Waals surface area contributed by atoms with Gasteiger partial charge in [0.1, 0.15) is 12.6 Å². The Hall–Kier alpha value is -2.55. The van der Waals surface area contributed by atoms with Crippen molar-refractivity contribution in [2.45, 2.75) is 58.6 Å². The van der Waals surface area contributed by atoms with Crippen LogP contribution in [0.1, 0.15) is 51.5 Å². The predicted octanol–water partition coefficient (Wildman–Crippen LogP) is 3.82. The number of amides is 1. The molecule has 176 valence electrons. The van der Waals surface area contributed by atoms with E-state index in [4.69, 9.17) is 14.2 Å². The third-order valence-electron chi connectivity index (χ3n) is 5.03. The van der Waals surface area contributed by atoms with E-state index >= 15 is 0 Å². The fourth-order valence-electron chi connectivity index (χ4n) is 3.12. The Labute approximate surface area is 192 Å². The molecule has 1 saturated carbocycles. The lowest BCUT2D eigenvalue weighted by Gasteiger charge is -2.20. The number of carbonyl (C=O) groups is 4. The summed E-state index contributed by atoms with van der Waals surface area (Å²) in [4.78, 5) is 48.6. The first kappa shape index (κ1) is 25.7. The Balaban J connectivity index is 1.78. The SMILES string of the molecule is CC(C)C(=O)N[C@@H](CSC(=O)OCOC(=O)C1CCCCC1)C(=O)OCc1ccccc1. The highest BCUT2D eigenvalue weighted by Gasteiger charge is 2.26. The first-order valence-electron chi connectivity index (χ1n) is 10.8. The molecule has 0 bridgehead atoms. The molecule has 1 N–H and O–H groups in total. The maximum atomic E-state index is 12.5. The van der Waals surface area contributed by atoms with E-state index < -0.39 is 24.1 Å². The van der Waals surface area contributed by atoms with Crippen LogP contribution in [-0.2, 0) is 35.2 Å². The molecule has 1 aromatic rings. The highest BCUT2D eigenvalue weighted by molar-refractivity contribution is 8.13. The molecule has 1 fully saturated rings. The van der Waals surface area contributed by atoms with E-state index in [-0.39, 0.29) is 36.1 Å². The molecule has 9 heteroatoms. The van der Waals surface area contributed by atoms with Gasteiger partial charge in [0.2, 0.25) is 12.7 Å². The normalized spacial score (nSPS) is 15.0. The average Bonchev–Trinajstić information content (AvgIpc) is 2.81. The molecule has 1 aromatic carbocycles. The fraction of sp³-hybridized carbons (Fsp3) is 0.565. The maximum Gasteiger partial charge on any atom is 0.370 e. The first-order valence-corrected chi connectivity index (χ1v) is 11.8. The van der Waals surface area contributed by atoms with Crippen LogP contribution >= 0.6 is 11.8 Å². The third-order valence-corrected chi connectivity index (χ3v) is 5.89. The lowest BCUT2D eigenvalue weighted by molar-refractivity contribution is -0.157. The van der Waals surface area contributed by atoms with Gasteiger partial charge in [0.05, 0.1) is 5.92 Å². The Morgan fingerprint density at radius 3 is 2.34 bits per heavy atom. The van der Waals surface area contributed by atoms with Gasteiger partial charge in [0.15, 0.2) is 0 Å². The Kier molecular flexibility index (Phi) is 11.1. The minimum Gasteiger partial charge on any atom is -0.459 e. The molecule has 32 heavy (non-hydrogen) atoms. The standard InChI is InChI=1S/C23H31NO7S/c1-16(2)20(25)24-19(22(27)29-13-17-9-5-3-6-10-17)14-32-23(28)31-15-30-21(26)18-11-7-4-8-12-18/h3,5-6,9-10,16,18-19H,4,7-8,11-15H2,1-2H3,(H,24,25)/t19-/m0/s1. The fourth-order valence-corrected chi connectivity index (χ4v) is 3.77. The third kappa shape index (κ3) is 9.30. The summed E-state index contributed by atoms with van der Waals surface area (Å²) in [7, 11) is 0. The molecule has 8 nitrogen and oxygen atoms in total. The van der Waals surface area contributed by atoms with Gasteiger partial charge in [-0.15, -0.1) is 0 Å². The van der Waals surface area contributed by atoms with E-state index in [1.165, 1.54) is 0 Å². The molecule has 1 aliphatic carbocycles. The van der Waals surface area contributed by atoms with Gasteiger partial charge in [-0.2, -0.15) is 0 Å². The van der Waals surface area contributed by atoms with Crippen LogP contribution in [0.5, 0.6) is 0 Å². The molecule has 0 radical (unpaired) electrons. The van der Waals surface area contributed by atoms with E-state index in [2.05, 4.69) is 5.32 Å². The second-order valence-corrected chi connectivity index (χ2v) is 8.89. The minimum absolute atomic E-state index is 0.0555. The number of nitrogens with one attached hydrogen (secondary N) is 1. The predicted molar refractivity (Wildman–Crippen MR) is 119 cm³/mol. The summed E-state index contributed by atoms with van der Waals surface area (Å²) in [5.74, 6) is -1.87. The molecule has 1 atom stereocenters. The van der Waals surface area contributed by atoms with Gasteiger partial charge in [0.25, 0.3) is 0 Å². The van der Waals surface area contributed by atoms with Gasteiger partial charge < -0.3 is 19.5 Å². The smallest absolute Gasteiger partial charge is 0.370 e. The quantitative estimate of drug-likeness (QED) is 0.410. The van der Waals surface area contributed by atoms with E-state index in [9.17, 15) is 19.2 Å². The van der Waals surface area contributed by atoms with E-state index in [1.54, 1.807) is 13.8 Å². The lowest BCUT2D eigenvalue weighted by atomic mass is 9.89. The van der Waals surface area contributed by atoms with Crippen molar-refractivity contribution < 1.29 is 33.4 Å². The largest absolute Gasteiger partial charge is 0.459 e. The molecular formula is C23H31NO7S. The van der Waals surface area contributed by atoms with Gasteiger partial charge in [-0.05, 0) is 30.2 Å². The van der Waals surface area contributed by atoms with Crippen molar-refractivity contribution >= 4 is 34.9 Å². The summed E-state index contributed by atoms with van der Waals surface area (Å²) in [5, 5.41) is 1.89. The first-order chi connectivity index (χ1) is 15.4. The van der Waals surface area contributed by atoms with E-state index in [0.717, 1.165) is 37.7 Å². The number of rotatable bonds is 10. The van der Waals surface area contributed by atoms with Gasteiger partial charge in [0, 0.05) is 11.7 Å². The molecule has 0 heterocycles. The molecular weight excluding hydrogens is 434 g/mol. The molecule has 1 amide bonds. The summed E-state index contributed by atoms with van der Waals surface area (Å²) in [6.45, 7) is 2.98. The van der Waals surface area contributed by atoms with Crippen molar-refractivity contribution in [1.29, 1.82) is 0 Å². The topological polar surface area (TPSA) is 108 Å².